The van der Waals surface area contributed by atoms with E-state index in [0.29, 0.717) is 43.8 Å². The van der Waals surface area contributed by atoms with Gasteiger partial charge in [0.25, 0.3) is 0 Å². The van der Waals surface area contributed by atoms with Crippen molar-refractivity contribution in [3.8, 4) is 5.75 Å². The quantitative estimate of drug-likeness (QED) is 0.761. The Labute approximate surface area is 159 Å². The largest absolute Gasteiger partial charge is 0.484 e. The third-order valence-corrected chi connectivity index (χ3v) is 5.91. The fourth-order valence-electron chi connectivity index (χ4n) is 4.48. The molecule has 0 N–H and O–H groups in total. The average molecular weight is 370 g/mol. The first kappa shape index (κ1) is 18.0. The molecular formula is C21H26N2O4. The van der Waals surface area contributed by atoms with E-state index in [9.17, 15) is 14.4 Å². The molecule has 0 bridgehead atoms. The van der Waals surface area contributed by atoms with Crippen LogP contribution in [-0.4, -0.2) is 58.2 Å². The Hall–Kier alpha value is -2.37. The number of nitrogens with zero attached hydrogens (tertiary/aromatic N) is 2. The lowest BCUT2D eigenvalue weighted by molar-refractivity contribution is -0.135. The summed E-state index contributed by atoms with van der Waals surface area (Å²) in [4.78, 5) is 41.5. The topological polar surface area (TPSA) is 66.9 Å². The number of carbonyl (C=O) groups is 3. The van der Waals surface area contributed by atoms with Crippen LogP contribution in [0.4, 0.5) is 0 Å². The molecule has 1 aromatic rings. The van der Waals surface area contributed by atoms with Gasteiger partial charge in [-0.25, -0.2) is 0 Å². The van der Waals surface area contributed by atoms with Gasteiger partial charge in [0.1, 0.15) is 11.4 Å². The second kappa shape index (κ2) is 6.08. The smallest absolute Gasteiger partial charge is 0.228 e. The highest BCUT2D eigenvalue weighted by molar-refractivity contribution is 6.00. The minimum atomic E-state index is -0.632. The SMILES string of the molecule is CC(C)(C)N1CC(C(=O)N2CCC3(CC(=O)c4ccccc4O3)C2)CC1=O. The summed E-state index contributed by atoms with van der Waals surface area (Å²) in [5, 5.41) is 0. The van der Waals surface area contributed by atoms with Gasteiger partial charge in [0.05, 0.1) is 24.4 Å². The summed E-state index contributed by atoms with van der Waals surface area (Å²) in [5.41, 5.74) is -0.288. The summed E-state index contributed by atoms with van der Waals surface area (Å²) < 4.78 is 6.20. The van der Waals surface area contributed by atoms with Crippen LogP contribution in [-0.2, 0) is 9.59 Å². The van der Waals surface area contributed by atoms with Crippen molar-refractivity contribution in [2.24, 2.45) is 5.92 Å². The van der Waals surface area contributed by atoms with Crippen LogP contribution in [0.1, 0.15) is 50.4 Å². The van der Waals surface area contributed by atoms with Gasteiger partial charge in [-0.1, -0.05) is 12.1 Å². The van der Waals surface area contributed by atoms with E-state index in [1.807, 2.05) is 39.0 Å². The summed E-state index contributed by atoms with van der Waals surface area (Å²) in [5.74, 6) is 0.409. The minimum Gasteiger partial charge on any atom is -0.484 e. The number of ketones is 1. The number of hydrogen-bond donors (Lipinski definition) is 0. The van der Waals surface area contributed by atoms with Gasteiger partial charge >= 0.3 is 0 Å². The molecule has 27 heavy (non-hydrogen) atoms. The van der Waals surface area contributed by atoms with E-state index in [2.05, 4.69) is 0 Å². The van der Waals surface area contributed by atoms with Crippen molar-refractivity contribution in [1.29, 1.82) is 0 Å². The van der Waals surface area contributed by atoms with Crippen LogP contribution in [0.2, 0.25) is 0 Å². The molecule has 2 unspecified atom stereocenters. The molecule has 2 fully saturated rings. The lowest BCUT2D eigenvalue weighted by Crippen LogP contribution is -2.46. The average Bonchev–Trinajstić information content (AvgIpc) is 3.18. The minimum absolute atomic E-state index is 0.00174. The zero-order valence-electron chi connectivity index (χ0n) is 16.2. The first-order valence-electron chi connectivity index (χ1n) is 9.59. The molecule has 1 aromatic carbocycles. The standard InChI is InChI=1S/C21H26N2O4/c1-20(2,3)23-12-14(10-18(23)25)19(26)22-9-8-21(13-22)11-16(24)15-6-4-5-7-17(15)27-21/h4-7,14H,8-13H2,1-3H3. The summed E-state index contributed by atoms with van der Waals surface area (Å²) in [7, 11) is 0. The Morgan fingerprint density at radius 3 is 2.67 bits per heavy atom. The van der Waals surface area contributed by atoms with Crippen molar-refractivity contribution in [2.45, 2.75) is 51.2 Å². The number of amides is 2. The molecule has 3 heterocycles. The van der Waals surface area contributed by atoms with Gasteiger partial charge in [0.2, 0.25) is 11.8 Å². The number of fused-ring (bicyclic) bond motifs is 1. The van der Waals surface area contributed by atoms with Crippen molar-refractivity contribution in [1.82, 2.24) is 9.80 Å². The van der Waals surface area contributed by atoms with E-state index in [4.69, 9.17) is 4.74 Å². The van der Waals surface area contributed by atoms with Crippen LogP contribution in [0.25, 0.3) is 0 Å². The van der Waals surface area contributed by atoms with Crippen LogP contribution in [0, 0.1) is 5.92 Å². The van der Waals surface area contributed by atoms with Gasteiger partial charge in [0.15, 0.2) is 5.78 Å². The fourth-order valence-corrected chi connectivity index (χ4v) is 4.48. The molecule has 2 atom stereocenters. The molecule has 1 spiro atoms. The monoisotopic (exact) mass is 370 g/mol. The van der Waals surface area contributed by atoms with Crippen LogP contribution in [0.5, 0.6) is 5.75 Å². The van der Waals surface area contributed by atoms with Gasteiger partial charge in [-0.05, 0) is 32.9 Å². The Balaban J connectivity index is 1.47. The highest BCUT2D eigenvalue weighted by Gasteiger charge is 2.49. The van der Waals surface area contributed by atoms with Crippen molar-refractivity contribution in [3.05, 3.63) is 29.8 Å². The molecule has 6 heteroatoms. The lowest BCUT2D eigenvalue weighted by atomic mass is 9.89. The fraction of sp³-hybridized carbons (Fsp3) is 0.571. The molecule has 144 valence electrons. The Morgan fingerprint density at radius 2 is 1.96 bits per heavy atom. The molecule has 0 aromatic heterocycles. The number of benzene rings is 1. The third kappa shape index (κ3) is 3.11. The molecular weight excluding hydrogens is 344 g/mol. The van der Waals surface area contributed by atoms with Crippen LogP contribution < -0.4 is 4.74 Å². The lowest BCUT2D eigenvalue weighted by Gasteiger charge is -2.35. The van der Waals surface area contributed by atoms with Crippen molar-refractivity contribution in [2.75, 3.05) is 19.6 Å². The van der Waals surface area contributed by atoms with Crippen LogP contribution >= 0.6 is 0 Å². The maximum atomic E-state index is 13.0. The van der Waals surface area contributed by atoms with Gasteiger partial charge in [-0.2, -0.15) is 0 Å². The van der Waals surface area contributed by atoms with Gasteiger partial charge in [0, 0.05) is 31.5 Å². The molecule has 0 radical (unpaired) electrons. The van der Waals surface area contributed by atoms with E-state index in [1.165, 1.54) is 0 Å². The summed E-state index contributed by atoms with van der Waals surface area (Å²) in [6.45, 7) is 7.40. The Morgan fingerprint density at radius 1 is 1.22 bits per heavy atom. The molecule has 0 aliphatic carbocycles. The maximum Gasteiger partial charge on any atom is 0.228 e. The van der Waals surface area contributed by atoms with Gasteiger partial charge in [-0.3, -0.25) is 14.4 Å². The second-order valence-electron chi connectivity index (χ2n) is 8.97. The Kier molecular flexibility index (Phi) is 4.05. The molecule has 0 saturated carbocycles. The predicted octanol–water partition coefficient (Wildman–Crippen LogP) is 2.27. The third-order valence-electron chi connectivity index (χ3n) is 5.91. The molecule has 3 aliphatic heterocycles. The Bertz CT molecular complexity index is 813. The van der Waals surface area contributed by atoms with Crippen molar-refractivity contribution in [3.63, 3.8) is 0 Å². The van der Waals surface area contributed by atoms with Gasteiger partial charge in [-0.15, -0.1) is 0 Å². The van der Waals surface area contributed by atoms with E-state index < -0.39 is 5.60 Å². The van der Waals surface area contributed by atoms with Crippen LogP contribution in [0.15, 0.2) is 24.3 Å². The number of Topliss-reactive ketones (excluding diaryl/α,β-unsaturated/α-hetero) is 1. The number of para-hydroxylation sites is 1. The van der Waals surface area contributed by atoms with Gasteiger partial charge < -0.3 is 14.5 Å². The summed E-state index contributed by atoms with van der Waals surface area (Å²) >= 11 is 0. The van der Waals surface area contributed by atoms with E-state index in [-0.39, 0.29) is 35.5 Å². The van der Waals surface area contributed by atoms with E-state index >= 15 is 0 Å². The predicted molar refractivity (Wildman–Crippen MR) is 99.5 cm³/mol. The van der Waals surface area contributed by atoms with Crippen molar-refractivity contribution < 1.29 is 19.1 Å². The van der Waals surface area contributed by atoms with Crippen molar-refractivity contribution >= 4 is 17.6 Å². The highest BCUT2D eigenvalue weighted by atomic mass is 16.5. The zero-order valence-corrected chi connectivity index (χ0v) is 16.2. The number of hydrogen-bond acceptors (Lipinski definition) is 4. The summed E-state index contributed by atoms with van der Waals surface area (Å²) in [6, 6.07) is 7.29. The molecule has 4 rings (SSSR count). The zero-order chi connectivity index (χ0) is 19.4. The van der Waals surface area contributed by atoms with Crippen LogP contribution in [0.3, 0.4) is 0 Å². The molecule has 2 saturated heterocycles. The normalized spacial score (nSPS) is 27.9. The number of ether oxygens (including phenoxy) is 1. The molecule has 3 aliphatic rings. The highest BCUT2D eigenvalue weighted by Crippen LogP contribution is 2.39. The second-order valence-corrected chi connectivity index (χ2v) is 8.97. The molecule has 2 amide bonds. The first-order chi connectivity index (χ1) is 12.7. The van der Waals surface area contributed by atoms with E-state index in [0.717, 1.165) is 0 Å². The maximum absolute atomic E-state index is 13.0. The van der Waals surface area contributed by atoms with E-state index in [1.54, 1.807) is 15.9 Å². The number of carbonyl (C=O) groups excluding carboxylic acids is 3. The first-order valence-corrected chi connectivity index (χ1v) is 9.59. The summed E-state index contributed by atoms with van der Waals surface area (Å²) in [6.07, 6.45) is 1.20. The molecule has 6 nitrogen and oxygen atoms in total. The number of rotatable bonds is 1. The number of likely N-dealkylation sites (tertiary alicyclic amines) is 2.